The van der Waals surface area contributed by atoms with Gasteiger partial charge < -0.3 is 4.90 Å². The van der Waals surface area contributed by atoms with E-state index in [1.807, 2.05) is 0 Å². The van der Waals surface area contributed by atoms with Gasteiger partial charge in [0.15, 0.2) is 0 Å². The third-order valence-electron chi connectivity index (χ3n) is 2.86. The lowest BCUT2D eigenvalue weighted by Crippen LogP contribution is -2.18. The van der Waals surface area contributed by atoms with Crippen molar-refractivity contribution < 1.29 is 0 Å². The lowest BCUT2D eigenvalue weighted by molar-refractivity contribution is 0.852. The molecule has 0 aliphatic carbocycles. The fraction of sp³-hybridized carbons (Fsp3) is 0.333. The first kappa shape index (κ1) is 8.36. The van der Waals surface area contributed by atoms with Crippen molar-refractivity contribution in [1.82, 2.24) is 0 Å². The van der Waals surface area contributed by atoms with Crippen LogP contribution >= 0.6 is 0 Å². The highest BCUT2D eigenvalue weighted by atomic mass is 15.1. The van der Waals surface area contributed by atoms with Gasteiger partial charge in [-0.15, -0.1) is 0 Å². The molecule has 1 nitrogen and oxygen atoms in total. The summed E-state index contributed by atoms with van der Waals surface area (Å²) in [6.45, 7) is 4.45. The van der Waals surface area contributed by atoms with Crippen LogP contribution in [0.4, 0.5) is 5.69 Å². The summed E-state index contributed by atoms with van der Waals surface area (Å²) in [5.74, 6) is 0.562. The predicted molar refractivity (Wildman–Crippen MR) is 57.0 cm³/mol. The SMILES string of the molecule is CC1=CN(C)c2ccccc2C1C. The van der Waals surface area contributed by atoms with Crippen molar-refractivity contribution in [3.05, 3.63) is 41.6 Å². The molecule has 0 fully saturated rings. The Kier molecular flexibility index (Phi) is 1.87. The minimum Gasteiger partial charge on any atom is -0.351 e. The van der Waals surface area contributed by atoms with Crippen LogP contribution in [0.1, 0.15) is 25.3 Å². The van der Waals surface area contributed by atoms with Gasteiger partial charge in [0.2, 0.25) is 0 Å². The minimum absolute atomic E-state index is 0.562. The molecule has 0 saturated carbocycles. The molecular weight excluding hydrogens is 158 g/mol. The van der Waals surface area contributed by atoms with E-state index in [4.69, 9.17) is 0 Å². The Balaban J connectivity index is 2.55. The lowest BCUT2D eigenvalue weighted by Gasteiger charge is -2.29. The average molecular weight is 173 g/mol. The molecule has 0 N–H and O–H groups in total. The van der Waals surface area contributed by atoms with E-state index in [2.05, 4.69) is 56.3 Å². The van der Waals surface area contributed by atoms with Crippen LogP contribution in [0.5, 0.6) is 0 Å². The number of fused-ring (bicyclic) bond motifs is 1. The zero-order valence-corrected chi connectivity index (χ0v) is 8.41. The maximum Gasteiger partial charge on any atom is 0.0442 e. The zero-order valence-electron chi connectivity index (χ0n) is 8.41. The number of para-hydroxylation sites is 1. The number of anilines is 1. The smallest absolute Gasteiger partial charge is 0.0442 e. The number of rotatable bonds is 0. The van der Waals surface area contributed by atoms with Crippen molar-refractivity contribution >= 4 is 5.69 Å². The quantitative estimate of drug-likeness (QED) is 0.582. The zero-order chi connectivity index (χ0) is 9.42. The first-order chi connectivity index (χ1) is 6.20. The van der Waals surface area contributed by atoms with Gasteiger partial charge >= 0.3 is 0 Å². The second-order valence-electron chi connectivity index (χ2n) is 3.76. The summed E-state index contributed by atoms with van der Waals surface area (Å²) in [5.41, 5.74) is 4.20. The summed E-state index contributed by atoms with van der Waals surface area (Å²) in [4.78, 5) is 2.20. The Morgan fingerprint density at radius 3 is 2.69 bits per heavy atom. The molecule has 13 heavy (non-hydrogen) atoms. The molecule has 1 heterocycles. The number of nitrogens with zero attached hydrogens (tertiary/aromatic N) is 1. The normalized spacial score (nSPS) is 21.0. The van der Waals surface area contributed by atoms with Crippen LogP contribution in [0.15, 0.2) is 36.0 Å². The summed E-state index contributed by atoms with van der Waals surface area (Å²) in [7, 11) is 2.11. The molecule has 0 radical (unpaired) electrons. The van der Waals surface area contributed by atoms with E-state index in [1.165, 1.54) is 16.8 Å². The largest absolute Gasteiger partial charge is 0.351 e. The van der Waals surface area contributed by atoms with Gasteiger partial charge in [-0.1, -0.05) is 25.1 Å². The van der Waals surface area contributed by atoms with E-state index < -0.39 is 0 Å². The molecule has 0 amide bonds. The van der Waals surface area contributed by atoms with E-state index >= 15 is 0 Å². The fourth-order valence-electron chi connectivity index (χ4n) is 1.91. The standard InChI is InChI=1S/C12H15N/c1-9-8-13(3)12-7-5-4-6-11(12)10(9)2/h4-8,10H,1-3H3. The summed E-state index contributed by atoms with van der Waals surface area (Å²) >= 11 is 0. The van der Waals surface area contributed by atoms with Crippen molar-refractivity contribution in [1.29, 1.82) is 0 Å². The van der Waals surface area contributed by atoms with E-state index in [1.54, 1.807) is 0 Å². The van der Waals surface area contributed by atoms with Gasteiger partial charge in [0.05, 0.1) is 0 Å². The summed E-state index contributed by atoms with van der Waals surface area (Å²) in [6.07, 6.45) is 2.22. The van der Waals surface area contributed by atoms with E-state index in [-0.39, 0.29) is 0 Å². The topological polar surface area (TPSA) is 3.24 Å². The van der Waals surface area contributed by atoms with E-state index in [9.17, 15) is 0 Å². The molecule has 1 unspecified atom stereocenters. The van der Waals surface area contributed by atoms with Gasteiger partial charge in [-0.05, 0) is 24.1 Å². The highest BCUT2D eigenvalue weighted by Crippen LogP contribution is 2.35. The number of hydrogen-bond donors (Lipinski definition) is 0. The molecule has 0 spiro atoms. The summed E-state index contributed by atoms with van der Waals surface area (Å²) in [5, 5.41) is 0. The van der Waals surface area contributed by atoms with Crippen LogP contribution in [0, 0.1) is 0 Å². The molecule has 1 aromatic rings. The molecule has 0 aromatic heterocycles. The Labute approximate surface area is 79.7 Å². The third kappa shape index (κ3) is 1.24. The van der Waals surface area contributed by atoms with Crippen LogP contribution < -0.4 is 4.90 Å². The van der Waals surface area contributed by atoms with E-state index in [0.29, 0.717) is 5.92 Å². The first-order valence-electron chi connectivity index (χ1n) is 4.70. The predicted octanol–water partition coefficient (Wildman–Crippen LogP) is 3.14. The third-order valence-corrected chi connectivity index (χ3v) is 2.86. The molecule has 1 aromatic carbocycles. The van der Waals surface area contributed by atoms with Gasteiger partial charge in [0.25, 0.3) is 0 Å². The Hall–Kier alpha value is -1.24. The van der Waals surface area contributed by atoms with Crippen LogP contribution in [-0.4, -0.2) is 7.05 Å². The monoisotopic (exact) mass is 173 g/mol. The second kappa shape index (κ2) is 2.91. The Bertz CT molecular complexity index is 352. The van der Waals surface area contributed by atoms with Crippen LogP contribution in [-0.2, 0) is 0 Å². The molecular formula is C12H15N. The van der Waals surface area contributed by atoms with Crippen LogP contribution in [0.3, 0.4) is 0 Å². The van der Waals surface area contributed by atoms with Crippen molar-refractivity contribution in [3.8, 4) is 0 Å². The van der Waals surface area contributed by atoms with Gasteiger partial charge in [-0.2, -0.15) is 0 Å². The lowest BCUT2D eigenvalue weighted by atomic mass is 9.90. The number of allylic oxidation sites excluding steroid dienone is 1. The summed E-state index contributed by atoms with van der Waals surface area (Å²) < 4.78 is 0. The van der Waals surface area contributed by atoms with Gasteiger partial charge in [-0.3, -0.25) is 0 Å². The molecule has 2 rings (SSSR count). The average Bonchev–Trinajstić information content (AvgIpc) is 2.15. The Morgan fingerprint density at radius 1 is 1.23 bits per heavy atom. The number of benzene rings is 1. The van der Waals surface area contributed by atoms with Crippen molar-refractivity contribution in [3.63, 3.8) is 0 Å². The number of hydrogen-bond acceptors (Lipinski definition) is 1. The van der Waals surface area contributed by atoms with Crippen LogP contribution in [0.25, 0.3) is 0 Å². The van der Waals surface area contributed by atoms with Gasteiger partial charge in [-0.25, -0.2) is 0 Å². The molecule has 1 atom stereocenters. The van der Waals surface area contributed by atoms with Crippen molar-refractivity contribution in [2.75, 3.05) is 11.9 Å². The molecule has 1 aliphatic rings. The van der Waals surface area contributed by atoms with Crippen LogP contribution in [0.2, 0.25) is 0 Å². The molecule has 0 bridgehead atoms. The van der Waals surface area contributed by atoms with Gasteiger partial charge in [0.1, 0.15) is 0 Å². The van der Waals surface area contributed by atoms with Crippen molar-refractivity contribution in [2.45, 2.75) is 19.8 Å². The maximum absolute atomic E-state index is 2.26. The fourth-order valence-corrected chi connectivity index (χ4v) is 1.91. The van der Waals surface area contributed by atoms with Gasteiger partial charge in [0, 0.05) is 24.9 Å². The minimum atomic E-state index is 0.562. The first-order valence-corrected chi connectivity index (χ1v) is 4.70. The second-order valence-corrected chi connectivity index (χ2v) is 3.76. The molecule has 0 saturated heterocycles. The molecule has 68 valence electrons. The highest BCUT2D eigenvalue weighted by molar-refractivity contribution is 5.61. The molecule has 1 aliphatic heterocycles. The summed E-state index contributed by atoms with van der Waals surface area (Å²) in [6, 6.07) is 8.60. The van der Waals surface area contributed by atoms with Crippen molar-refractivity contribution in [2.24, 2.45) is 0 Å². The Morgan fingerprint density at radius 2 is 1.92 bits per heavy atom. The van der Waals surface area contributed by atoms with E-state index in [0.717, 1.165) is 0 Å². The maximum atomic E-state index is 2.26. The molecule has 1 heteroatoms. The highest BCUT2D eigenvalue weighted by Gasteiger charge is 2.18.